The first-order valence-electron chi connectivity index (χ1n) is 7.30. The van der Waals surface area contributed by atoms with Crippen LogP contribution in [0.1, 0.15) is 18.8 Å². The van der Waals surface area contributed by atoms with Crippen molar-refractivity contribution in [1.82, 2.24) is 29.0 Å². The average molecular weight is 364 g/mol. The van der Waals surface area contributed by atoms with Crippen LogP contribution in [0.2, 0.25) is 0 Å². The molecule has 0 bridgehead atoms. The zero-order chi connectivity index (χ0) is 18.4. The van der Waals surface area contributed by atoms with E-state index >= 15 is 0 Å². The number of rotatable bonds is 4. The van der Waals surface area contributed by atoms with E-state index in [2.05, 4.69) is 19.9 Å². The van der Waals surface area contributed by atoms with Crippen LogP contribution in [0.15, 0.2) is 39.0 Å². The van der Waals surface area contributed by atoms with E-state index in [1.807, 2.05) is 0 Å². The smallest absolute Gasteiger partial charge is 0.319 e. The average Bonchev–Trinajstić information content (AvgIpc) is 2.98. The van der Waals surface area contributed by atoms with Gasteiger partial charge in [-0.1, -0.05) is 0 Å². The minimum atomic E-state index is -3.90. The highest BCUT2D eigenvalue weighted by Gasteiger charge is 2.22. The molecule has 0 aliphatic rings. The van der Waals surface area contributed by atoms with Gasteiger partial charge >= 0.3 is 5.69 Å². The van der Waals surface area contributed by atoms with Gasteiger partial charge in [0, 0.05) is 14.1 Å². The van der Waals surface area contributed by atoms with E-state index < -0.39 is 27.3 Å². The van der Waals surface area contributed by atoms with Crippen LogP contribution in [0.3, 0.4) is 0 Å². The quantitative estimate of drug-likeness (QED) is 0.635. The largest absolute Gasteiger partial charge is 0.328 e. The summed E-state index contributed by atoms with van der Waals surface area (Å²) in [6, 6.07) is 3.33. The Morgan fingerprint density at radius 2 is 1.96 bits per heavy atom. The lowest BCUT2D eigenvalue weighted by atomic mass is 10.2. The first-order valence-corrected chi connectivity index (χ1v) is 8.78. The zero-order valence-electron chi connectivity index (χ0n) is 13.7. The van der Waals surface area contributed by atoms with Gasteiger partial charge in [-0.25, -0.2) is 17.9 Å². The first kappa shape index (κ1) is 17.0. The molecule has 1 aromatic carbocycles. The molecule has 3 rings (SSSR count). The zero-order valence-corrected chi connectivity index (χ0v) is 14.5. The molecule has 1 atom stereocenters. The van der Waals surface area contributed by atoms with Crippen LogP contribution in [-0.4, -0.2) is 32.7 Å². The maximum atomic E-state index is 12.6. The second-order valence-corrected chi connectivity index (χ2v) is 7.36. The summed E-state index contributed by atoms with van der Waals surface area (Å²) in [6.45, 7) is 1.64. The van der Waals surface area contributed by atoms with Gasteiger partial charge in [0.25, 0.3) is 5.56 Å². The van der Waals surface area contributed by atoms with Gasteiger partial charge in [-0.2, -0.15) is 0 Å². The van der Waals surface area contributed by atoms with Crippen molar-refractivity contribution in [3.05, 3.63) is 51.2 Å². The van der Waals surface area contributed by atoms with Gasteiger partial charge in [-0.15, -0.1) is 10.2 Å². The topological polar surface area (TPSA) is 132 Å². The van der Waals surface area contributed by atoms with Crippen LogP contribution in [0.5, 0.6) is 0 Å². The molecule has 11 heteroatoms. The highest BCUT2D eigenvalue weighted by molar-refractivity contribution is 7.89. The number of aromatic nitrogens is 5. The number of H-pyrrole nitrogens is 1. The molecular formula is C14H16N6O4S. The van der Waals surface area contributed by atoms with Gasteiger partial charge in [0.15, 0.2) is 0 Å². The summed E-state index contributed by atoms with van der Waals surface area (Å²) < 4.78 is 30.2. The van der Waals surface area contributed by atoms with Gasteiger partial charge in [0.2, 0.25) is 10.0 Å². The Morgan fingerprint density at radius 1 is 1.24 bits per heavy atom. The van der Waals surface area contributed by atoms with Crippen molar-refractivity contribution in [3.8, 4) is 0 Å². The molecule has 0 fully saturated rings. The van der Waals surface area contributed by atoms with Crippen molar-refractivity contribution in [2.24, 2.45) is 14.1 Å². The van der Waals surface area contributed by atoms with E-state index in [1.165, 1.54) is 31.6 Å². The summed E-state index contributed by atoms with van der Waals surface area (Å²) >= 11 is 0. The molecule has 10 nitrogen and oxygen atoms in total. The second kappa shape index (κ2) is 5.93. The lowest BCUT2D eigenvalue weighted by molar-refractivity contribution is 0.553. The Balaban J connectivity index is 2.04. The van der Waals surface area contributed by atoms with E-state index in [9.17, 15) is 18.0 Å². The SMILES string of the molecule is C[C@H](NS(=O)(=O)c1ccc2[nH]c(=O)n(C)c(=O)c2c1)c1nncn1C. The van der Waals surface area contributed by atoms with Crippen LogP contribution >= 0.6 is 0 Å². The fraction of sp³-hybridized carbons (Fsp3) is 0.286. The molecule has 3 aromatic rings. The molecule has 0 unspecified atom stereocenters. The van der Waals surface area contributed by atoms with Crippen LogP contribution in [-0.2, 0) is 24.1 Å². The summed E-state index contributed by atoms with van der Waals surface area (Å²) in [4.78, 5) is 26.2. The number of hydrogen-bond donors (Lipinski definition) is 2. The molecule has 0 spiro atoms. The normalized spacial score (nSPS) is 13.2. The van der Waals surface area contributed by atoms with Crippen LogP contribution in [0, 0.1) is 0 Å². The molecule has 132 valence electrons. The summed E-state index contributed by atoms with van der Waals surface area (Å²) in [5, 5.41) is 7.70. The molecular weight excluding hydrogens is 348 g/mol. The van der Waals surface area contributed by atoms with E-state index in [-0.39, 0.29) is 15.8 Å². The van der Waals surface area contributed by atoms with Crippen molar-refractivity contribution in [2.45, 2.75) is 17.9 Å². The van der Waals surface area contributed by atoms with E-state index in [0.717, 1.165) is 4.57 Å². The number of aryl methyl sites for hydroxylation is 1. The molecule has 0 saturated carbocycles. The lowest BCUT2D eigenvalue weighted by Crippen LogP contribution is -2.33. The number of sulfonamides is 1. The van der Waals surface area contributed by atoms with Crippen LogP contribution < -0.4 is 16.0 Å². The Bertz CT molecular complexity index is 1170. The molecule has 2 aromatic heterocycles. The van der Waals surface area contributed by atoms with Crippen molar-refractivity contribution in [3.63, 3.8) is 0 Å². The summed E-state index contributed by atoms with van der Waals surface area (Å²) in [5.41, 5.74) is -0.868. The number of fused-ring (bicyclic) bond motifs is 1. The van der Waals surface area contributed by atoms with Gasteiger partial charge in [-0.3, -0.25) is 9.36 Å². The molecule has 0 aliphatic heterocycles. The lowest BCUT2D eigenvalue weighted by Gasteiger charge is -2.13. The highest BCUT2D eigenvalue weighted by Crippen LogP contribution is 2.17. The summed E-state index contributed by atoms with van der Waals surface area (Å²) in [7, 11) is -0.885. The van der Waals surface area contributed by atoms with Crippen molar-refractivity contribution in [1.29, 1.82) is 0 Å². The van der Waals surface area contributed by atoms with Crippen LogP contribution in [0.25, 0.3) is 10.9 Å². The monoisotopic (exact) mass is 364 g/mol. The highest BCUT2D eigenvalue weighted by atomic mass is 32.2. The van der Waals surface area contributed by atoms with E-state index in [4.69, 9.17) is 0 Å². The molecule has 0 amide bonds. The number of nitrogens with one attached hydrogen (secondary N) is 2. The number of nitrogens with zero attached hydrogens (tertiary/aromatic N) is 4. The van der Waals surface area contributed by atoms with Crippen molar-refractivity contribution >= 4 is 20.9 Å². The molecule has 0 saturated heterocycles. The van der Waals surface area contributed by atoms with E-state index in [0.29, 0.717) is 5.82 Å². The second-order valence-electron chi connectivity index (χ2n) is 5.64. The maximum absolute atomic E-state index is 12.6. The van der Waals surface area contributed by atoms with Crippen LogP contribution in [0.4, 0.5) is 0 Å². The summed E-state index contributed by atoms with van der Waals surface area (Å²) in [5.74, 6) is 0.449. The molecule has 2 heterocycles. The molecule has 25 heavy (non-hydrogen) atoms. The molecule has 0 radical (unpaired) electrons. The van der Waals surface area contributed by atoms with Gasteiger partial charge in [0.1, 0.15) is 12.2 Å². The minimum absolute atomic E-state index is 0.0850. The maximum Gasteiger partial charge on any atom is 0.328 e. The Kier molecular flexibility index (Phi) is 4.05. The predicted octanol–water partition coefficient (Wildman–Crippen LogP) is -0.605. The van der Waals surface area contributed by atoms with Gasteiger partial charge in [-0.05, 0) is 25.1 Å². The third-order valence-electron chi connectivity index (χ3n) is 3.85. The van der Waals surface area contributed by atoms with E-state index in [1.54, 1.807) is 18.5 Å². The predicted molar refractivity (Wildman–Crippen MR) is 89.5 cm³/mol. The van der Waals surface area contributed by atoms with Crippen molar-refractivity contribution < 1.29 is 8.42 Å². The Labute approximate surface area is 142 Å². The number of benzene rings is 1. The summed E-state index contributed by atoms with van der Waals surface area (Å²) in [6.07, 6.45) is 1.47. The van der Waals surface area contributed by atoms with Gasteiger partial charge < -0.3 is 9.55 Å². The molecule has 2 N–H and O–H groups in total. The third-order valence-corrected chi connectivity index (χ3v) is 5.39. The van der Waals surface area contributed by atoms with Gasteiger partial charge in [0.05, 0.1) is 21.8 Å². The third kappa shape index (κ3) is 2.98. The first-order chi connectivity index (χ1) is 11.7. The fourth-order valence-corrected chi connectivity index (χ4v) is 3.71. The Morgan fingerprint density at radius 3 is 2.60 bits per heavy atom. The number of aromatic amines is 1. The fourth-order valence-electron chi connectivity index (χ4n) is 2.49. The Hall–Kier alpha value is -2.79. The number of hydrogen-bond acceptors (Lipinski definition) is 6. The minimum Gasteiger partial charge on any atom is -0.319 e. The molecule has 0 aliphatic carbocycles. The van der Waals surface area contributed by atoms with Crippen molar-refractivity contribution in [2.75, 3.05) is 0 Å². The standard InChI is InChI=1S/C14H16N6O4S/c1-8(12-17-15-7-19(12)2)18-25(23,24)9-4-5-11-10(6-9)13(21)20(3)14(22)16-11/h4-8,18H,1-3H3,(H,16,22)/t8-/m0/s1.